The van der Waals surface area contributed by atoms with Gasteiger partial charge in [-0.15, -0.1) is 0 Å². The molecule has 0 aliphatic rings. The minimum Gasteiger partial charge on any atom is -0.490 e. The second-order valence-corrected chi connectivity index (χ2v) is 4.73. The van der Waals surface area contributed by atoms with Gasteiger partial charge in [0.25, 0.3) is 5.91 Å². The van der Waals surface area contributed by atoms with Crippen LogP contribution in [-0.2, 0) is 11.2 Å². The number of likely N-dealkylation sites (N-methyl/N-ethyl adjacent to an activating group) is 1. The van der Waals surface area contributed by atoms with Crippen LogP contribution in [-0.4, -0.2) is 31.7 Å². The van der Waals surface area contributed by atoms with E-state index in [9.17, 15) is 4.79 Å². The number of ether oxygens (including phenoxy) is 2. The van der Waals surface area contributed by atoms with Gasteiger partial charge in [-0.2, -0.15) is 0 Å². The molecule has 1 amide bonds. The fourth-order valence-electron chi connectivity index (χ4n) is 1.91. The number of rotatable bonds is 7. The third kappa shape index (κ3) is 4.42. The second kappa shape index (κ2) is 7.75. The molecule has 0 spiro atoms. The molecule has 2 atom stereocenters. The van der Waals surface area contributed by atoms with Gasteiger partial charge in [0.1, 0.15) is 0 Å². The van der Waals surface area contributed by atoms with Crippen molar-refractivity contribution in [3.8, 4) is 11.5 Å². The summed E-state index contributed by atoms with van der Waals surface area (Å²) in [5.74, 6) is 1.06. The lowest BCUT2D eigenvalue weighted by Gasteiger charge is -2.20. The van der Waals surface area contributed by atoms with E-state index in [1.807, 2.05) is 32.0 Å². The Morgan fingerprint density at radius 1 is 1.40 bits per heavy atom. The van der Waals surface area contributed by atoms with Crippen LogP contribution in [0.5, 0.6) is 11.5 Å². The fourth-order valence-corrected chi connectivity index (χ4v) is 1.91. The van der Waals surface area contributed by atoms with Crippen molar-refractivity contribution >= 4 is 5.91 Å². The standard InChI is InChI=1S/C15H24N2O3/c1-5-19-13-8-6-7-12(9-10(2)16)14(13)20-11(3)15(18)17-4/h6-8,10-11H,5,9,16H2,1-4H3,(H,17,18). The van der Waals surface area contributed by atoms with E-state index in [0.717, 1.165) is 5.56 Å². The molecule has 0 aromatic heterocycles. The van der Waals surface area contributed by atoms with Crippen molar-refractivity contribution in [2.45, 2.75) is 39.3 Å². The Hall–Kier alpha value is -1.75. The van der Waals surface area contributed by atoms with Crippen LogP contribution in [0.15, 0.2) is 18.2 Å². The molecule has 112 valence electrons. The summed E-state index contributed by atoms with van der Waals surface area (Å²) in [6.07, 6.45) is 0.0740. The molecule has 2 unspecified atom stereocenters. The fraction of sp³-hybridized carbons (Fsp3) is 0.533. The van der Waals surface area contributed by atoms with E-state index in [2.05, 4.69) is 5.32 Å². The quantitative estimate of drug-likeness (QED) is 0.793. The molecule has 20 heavy (non-hydrogen) atoms. The van der Waals surface area contributed by atoms with Crippen LogP contribution >= 0.6 is 0 Å². The van der Waals surface area contributed by atoms with Crippen molar-refractivity contribution in [2.24, 2.45) is 5.73 Å². The van der Waals surface area contributed by atoms with Crippen molar-refractivity contribution < 1.29 is 14.3 Å². The number of amides is 1. The maximum absolute atomic E-state index is 11.6. The van der Waals surface area contributed by atoms with Crippen LogP contribution in [0.25, 0.3) is 0 Å². The van der Waals surface area contributed by atoms with Crippen LogP contribution in [0, 0.1) is 0 Å². The number of para-hydroxylation sites is 1. The Kier molecular flexibility index (Phi) is 6.31. The van der Waals surface area contributed by atoms with Gasteiger partial charge >= 0.3 is 0 Å². The molecule has 1 aromatic carbocycles. The molecule has 3 N–H and O–H groups in total. The number of benzene rings is 1. The summed E-state index contributed by atoms with van der Waals surface area (Å²) < 4.78 is 11.4. The Bertz CT molecular complexity index is 447. The van der Waals surface area contributed by atoms with E-state index in [1.54, 1.807) is 14.0 Å². The first-order valence-electron chi connectivity index (χ1n) is 6.88. The SMILES string of the molecule is CCOc1cccc(CC(C)N)c1OC(C)C(=O)NC. The lowest BCUT2D eigenvalue weighted by atomic mass is 10.1. The first-order chi connectivity index (χ1) is 9.49. The summed E-state index contributed by atoms with van der Waals surface area (Å²) in [7, 11) is 1.58. The Morgan fingerprint density at radius 3 is 2.65 bits per heavy atom. The van der Waals surface area contributed by atoms with Crippen LogP contribution in [0.4, 0.5) is 0 Å². The summed E-state index contributed by atoms with van der Waals surface area (Å²) in [5, 5.41) is 2.57. The van der Waals surface area contributed by atoms with Gasteiger partial charge in [0.05, 0.1) is 6.61 Å². The lowest BCUT2D eigenvalue weighted by molar-refractivity contribution is -0.126. The van der Waals surface area contributed by atoms with E-state index in [0.29, 0.717) is 24.5 Å². The zero-order valence-corrected chi connectivity index (χ0v) is 12.6. The molecule has 0 saturated heterocycles. The molecular formula is C15H24N2O3. The van der Waals surface area contributed by atoms with Gasteiger partial charge in [0, 0.05) is 13.1 Å². The van der Waals surface area contributed by atoms with Gasteiger partial charge in [-0.25, -0.2) is 0 Å². The largest absolute Gasteiger partial charge is 0.490 e. The first-order valence-corrected chi connectivity index (χ1v) is 6.88. The van der Waals surface area contributed by atoms with E-state index in [4.69, 9.17) is 15.2 Å². The van der Waals surface area contributed by atoms with Gasteiger partial charge in [-0.3, -0.25) is 4.79 Å². The first kappa shape index (κ1) is 16.3. The third-order valence-electron chi connectivity index (χ3n) is 2.81. The molecule has 0 aliphatic heterocycles. The van der Waals surface area contributed by atoms with Gasteiger partial charge in [0.15, 0.2) is 17.6 Å². The lowest BCUT2D eigenvalue weighted by Crippen LogP contribution is -2.34. The molecule has 0 radical (unpaired) electrons. The monoisotopic (exact) mass is 280 g/mol. The molecular weight excluding hydrogens is 256 g/mol. The van der Waals surface area contributed by atoms with E-state index in [-0.39, 0.29) is 11.9 Å². The summed E-state index contributed by atoms with van der Waals surface area (Å²) in [6, 6.07) is 5.68. The average molecular weight is 280 g/mol. The molecule has 5 heteroatoms. The maximum atomic E-state index is 11.6. The summed E-state index contributed by atoms with van der Waals surface area (Å²) in [6.45, 7) is 6.08. The van der Waals surface area contributed by atoms with Crippen molar-refractivity contribution in [1.29, 1.82) is 0 Å². The van der Waals surface area contributed by atoms with Crippen LogP contribution in [0.2, 0.25) is 0 Å². The summed E-state index contributed by atoms with van der Waals surface area (Å²) in [5.41, 5.74) is 6.80. The van der Waals surface area contributed by atoms with Gasteiger partial charge in [-0.1, -0.05) is 12.1 Å². The molecule has 1 rings (SSSR count). The molecule has 1 aromatic rings. The number of nitrogens with one attached hydrogen (secondary N) is 1. The smallest absolute Gasteiger partial charge is 0.260 e. The molecule has 0 heterocycles. The Morgan fingerprint density at radius 2 is 2.10 bits per heavy atom. The zero-order chi connectivity index (χ0) is 15.1. The minimum atomic E-state index is -0.589. The molecule has 0 bridgehead atoms. The topological polar surface area (TPSA) is 73.6 Å². The zero-order valence-electron chi connectivity index (χ0n) is 12.6. The number of hydrogen-bond donors (Lipinski definition) is 2. The van der Waals surface area contributed by atoms with Crippen LogP contribution in [0.1, 0.15) is 26.3 Å². The van der Waals surface area contributed by atoms with Crippen molar-refractivity contribution in [1.82, 2.24) is 5.32 Å². The Labute approximate surface area is 120 Å². The number of carbonyl (C=O) groups is 1. The summed E-state index contributed by atoms with van der Waals surface area (Å²) >= 11 is 0. The highest BCUT2D eigenvalue weighted by molar-refractivity contribution is 5.80. The molecule has 0 saturated carbocycles. The summed E-state index contributed by atoms with van der Waals surface area (Å²) in [4.78, 5) is 11.6. The second-order valence-electron chi connectivity index (χ2n) is 4.73. The van der Waals surface area contributed by atoms with Gasteiger partial charge in [-0.05, 0) is 38.8 Å². The predicted octanol–water partition coefficient (Wildman–Crippen LogP) is 1.49. The third-order valence-corrected chi connectivity index (χ3v) is 2.81. The molecule has 5 nitrogen and oxygen atoms in total. The Balaban J connectivity index is 3.06. The van der Waals surface area contributed by atoms with E-state index in [1.165, 1.54) is 0 Å². The van der Waals surface area contributed by atoms with Gasteiger partial charge in [0.2, 0.25) is 0 Å². The highest BCUT2D eigenvalue weighted by Crippen LogP contribution is 2.33. The molecule has 0 aliphatic carbocycles. The number of nitrogens with two attached hydrogens (primary N) is 1. The van der Waals surface area contributed by atoms with Crippen molar-refractivity contribution in [2.75, 3.05) is 13.7 Å². The number of hydrogen-bond acceptors (Lipinski definition) is 4. The normalized spacial score (nSPS) is 13.4. The maximum Gasteiger partial charge on any atom is 0.260 e. The van der Waals surface area contributed by atoms with Crippen LogP contribution in [0.3, 0.4) is 0 Å². The van der Waals surface area contributed by atoms with E-state index < -0.39 is 6.10 Å². The minimum absolute atomic E-state index is 0.00420. The predicted molar refractivity (Wildman–Crippen MR) is 79.1 cm³/mol. The highest BCUT2D eigenvalue weighted by Gasteiger charge is 2.19. The van der Waals surface area contributed by atoms with Gasteiger partial charge < -0.3 is 20.5 Å². The van der Waals surface area contributed by atoms with Crippen molar-refractivity contribution in [3.63, 3.8) is 0 Å². The van der Waals surface area contributed by atoms with Crippen LogP contribution < -0.4 is 20.5 Å². The van der Waals surface area contributed by atoms with E-state index >= 15 is 0 Å². The number of carbonyl (C=O) groups excluding carboxylic acids is 1. The highest BCUT2D eigenvalue weighted by atomic mass is 16.5. The molecule has 0 fully saturated rings. The average Bonchev–Trinajstić information content (AvgIpc) is 2.40. The van der Waals surface area contributed by atoms with Crippen molar-refractivity contribution in [3.05, 3.63) is 23.8 Å².